The van der Waals surface area contributed by atoms with Crippen LogP contribution in [0.15, 0.2) is 41.2 Å². The molecule has 7 nitrogen and oxygen atoms in total. The van der Waals surface area contributed by atoms with Crippen LogP contribution in [0.1, 0.15) is 20.7 Å². The van der Waals surface area contributed by atoms with Crippen molar-refractivity contribution in [3.63, 3.8) is 0 Å². The Morgan fingerprint density at radius 2 is 1.74 bits per heavy atom. The van der Waals surface area contributed by atoms with Crippen LogP contribution in [0.4, 0.5) is 8.78 Å². The molecule has 0 spiro atoms. The van der Waals surface area contributed by atoms with E-state index in [1.807, 2.05) is 0 Å². The number of hydrogen-bond donors (Lipinski definition) is 1. The minimum absolute atomic E-state index is 0.170. The molecule has 27 heavy (non-hydrogen) atoms. The normalized spacial score (nSPS) is 14.1. The summed E-state index contributed by atoms with van der Waals surface area (Å²) in [6.45, 7) is 1.05. The van der Waals surface area contributed by atoms with Gasteiger partial charge in [0.1, 0.15) is 17.9 Å². The van der Waals surface area contributed by atoms with Crippen molar-refractivity contribution in [2.24, 2.45) is 0 Å². The monoisotopic (exact) mass is 377 g/mol. The van der Waals surface area contributed by atoms with Crippen LogP contribution in [0.2, 0.25) is 0 Å². The van der Waals surface area contributed by atoms with Gasteiger partial charge in [-0.1, -0.05) is 0 Å². The second kappa shape index (κ2) is 7.98. The first-order valence-corrected chi connectivity index (χ1v) is 8.28. The molecule has 2 aromatic rings. The van der Waals surface area contributed by atoms with E-state index in [0.717, 1.165) is 12.1 Å². The third-order valence-electron chi connectivity index (χ3n) is 4.26. The molecule has 1 aromatic heterocycles. The maximum atomic E-state index is 13.6. The molecule has 1 saturated heterocycles. The first kappa shape index (κ1) is 18.6. The second-order valence-corrected chi connectivity index (χ2v) is 5.99. The smallest absolute Gasteiger partial charge is 0.257 e. The number of hydrogen-bond acceptors (Lipinski definition) is 4. The Morgan fingerprint density at radius 1 is 1.04 bits per heavy atom. The Morgan fingerprint density at radius 3 is 2.37 bits per heavy atom. The largest absolute Gasteiger partial charge is 0.472 e. The number of halogens is 2. The first-order chi connectivity index (χ1) is 13.0. The summed E-state index contributed by atoms with van der Waals surface area (Å²) in [6, 6.07) is 4.16. The zero-order chi connectivity index (χ0) is 19.4. The van der Waals surface area contributed by atoms with Gasteiger partial charge in [0.15, 0.2) is 0 Å². The molecule has 1 aliphatic rings. The average molecular weight is 377 g/mol. The van der Waals surface area contributed by atoms with Crippen molar-refractivity contribution in [1.29, 1.82) is 0 Å². The molecule has 1 N–H and O–H groups in total. The molecule has 2 heterocycles. The van der Waals surface area contributed by atoms with Gasteiger partial charge < -0.3 is 19.5 Å². The molecular weight excluding hydrogens is 360 g/mol. The quantitative estimate of drug-likeness (QED) is 0.870. The van der Waals surface area contributed by atoms with Crippen molar-refractivity contribution in [3.8, 4) is 0 Å². The van der Waals surface area contributed by atoms with Gasteiger partial charge in [0, 0.05) is 32.2 Å². The Balaban J connectivity index is 1.48. The third kappa shape index (κ3) is 4.30. The predicted octanol–water partition coefficient (Wildman–Crippen LogP) is 1.27. The van der Waals surface area contributed by atoms with Gasteiger partial charge in [-0.25, -0.2) is 8.78 Å². The molecule has 0 bridgehead atoms. The van der Waals surface area contributed by atoms with Gasteiger partial charge in [0.25, 0.3) is 11.8 Å². The summed E-state index contributed by atoms with van der Waals surface area (Å²) in [7, 11) is 0. The number of furan rings is 1. The number of carbonyl (C=O) groups excluding carboxylic acids is 3. The van der Waals surface area contributed by atoms with Crippen molar-refractivity contribution < 1.29 is 27.6 Å². The summed E-state index contributed by atoms with van der Waals surface area (Å²) in [4.78, 5) is 39.5. The minimum Gasteiger partial charge on any atom is -0.472 e. The van der Waals surface area contributed by atoms with Crippen molar-refractivity contribution in [1.82, 2.24) is 15.1 Å². The molecule has 0 aliphatic carbocycles. The molecular formula is C18H17F2N3O4. The second-order valence-electron chi connectivity index (χ2n) is 5.99. The van der Waals surface area contributed by atoms with Crippen LogP contribution in [-0.4, -0.2) is 60.2 Å². The fourth-order valence-electron chi connectivity index (χ4n) is 2.76. The highest BCUT2D eigenvalue weighted by atomic mass is 19.1. The molecule has 0 unspecified atom stereocenters. The van der Waals surface area contributed by atoms with Crippen LogP contribution in [-0.2, 0) is 4.79 Å². The van der Waals surface area contributed by atoms with Crippen molar-refractivity contribution in [2.45, 2.75) is 0 Å². The van der Waals surface area contributed by atoms with E-state index in [-0.39, 0.29) is 23.9 Å². The standard InChI is InChI=1S/C18H17F2N3O4/c19-13-1-2-14(15(20)9-13)17(25)21-10-16(24)22-4-6-23(7-5-22)18(26)12-3-8-27-11-12/h1-3,8-9,11H,4-7,10H2,(H,21,25). The molecule has 1 aliphatic heterocycles. The van der Waals surface area contributed by atoms with Gasteiger partial charge in [-0.3, -0.25) is 14.4 Å². The molecule has 3 rings (SSSR count). The maximum Gasteiger partial charge on any atom is 0.257 e. The van der Waals surface area contributed by atoms with Crippen LogP contribution < -0.4 is 5.32 Å². The van der Waals surface area contributed by atoms with Gasteiger partial charge in [0.05, 0.1) is 23.9 Å². The lowest BCUT2D eigenvalue weighted by Gasteiger charge is -2.34. The summed E-state index contributed by atoms with van der Waals surface area (Å²) in [6.07, 6.45) is 2.78. The SMILES string of the molecule is O=C(NCC(=O)N1CCN(C(=O)c2ccoc2)CC1)c1ccc(F)cc1F. The van der Waals surface area contributed by atoms with Gasteiger partial charge in [-0.15, -0.1) is 0 Å². The lowest BCUT2D eigenvalue weighted by atomic mass is 10.2. The Kier molecular flexibility index (Phi) is 5.49. The minimum atomic E-state index is -0.994. The van der Waals surface area contributed by atoms with E-state index in [1.165, 1.54) is 17.4 Å². The van der Waals surface area contributed by atoms with Crippen molar-refractivity contribution in [2.75, 3.05) is 32.7 Å². The van der Waals surface area contributed by atoms with E-state index < -0.39 is 17.5 Å². The van der Waals surface area contributed by atoms with Crippen LogP contribution in [0.25, 0.3) is 0 Å². The lowest BCUT2D eigenvalue weighted by molar-refractivity contribution is -0.131. The molecule has 1 fully saturated rings. The Bertz CT molecular complexity index is 846. The number of piperazine rings is 1. The zero-order valence-electron chi connectivity index (χ0n) is 14.3. The van der Waals surface area contributed by atoms with Gasteiger partial charge in [-0.2, -0.15) is 0 Å². The number of nitrogens with zero attached hydrogens (tertiary/aromatic N) is 2. The Labute approximate surface area is 153 Å². The zero-order valence-corrected chi connectivity index (χ0v) is 14.3. The number of rotatable bonds is 4. The number of carbonyl (C=O) groups is 3. The fraction of sp³-hybridized carbons (Fsp3) is 0.278. The molecule has 9 heteroatoms. The topological polar surface area (TPSA) is 82.9 Å². The van der Waals surface area contributed by atoms with E-state index in [4.69, 9.17) is 4.42 Å². The fourth-order valence-corrected chi connectivity index (χ4v) is 2.76. The molecule has 1 aromatic carbocycles. The van der Waals surface area contributed by atoms with Crippen LogP contribution in [0.3, 0.4) is 0 Å². The number of benzene rings is 1. The average Bonchev–Trinajstić information content (AvgIpc) is 3.20. The first-order valence-electron chi connectivity index (χ1n) is 8.28. The highest BCUT2D eigenvalue weighted by Crippen LogP contribution is 2.11. The van der Waals surface area contributed by atoms with Gasteiger partial charge >= 0.3 is 0 Å². The van der Waals surface area contributed by atoms with E-state index in [2.05, 4.69) is 5.32 Å². The van der Waals surface area contributed by atoms with E-state index in [9.17, 15) is 23.2 Å². The van der Waals surface area contributed by atoms with Crippen LogP contribution >= 0.6 is 0 Å². The molecule has 0 radical (unpaired) electrons. The summed E-state index contributed by atoms with van der Waals surface area (Å²) >= 11 is 0. The maximum absolute atomic E-state index is 13.6. The van der Waals surface area contributed by atoms with Crippen molar-refractivity contribution in [3.05, 3.63) is 59.6 Å². The van der Waals surface area contributed by atoms with Crippen LogP contribution in [0.5, 0.6) is 0 Å². The molecule has 0 saturated carbocycles. The third-order valence-corrected chi connectivity index (χ3v) is 4.26. The highest BCUT2D eigenvalue weighted by Gasteiger charge is 2.25. The van der Waals surface area contributed by atoms with Gasteiger partial charge in [0.2, 0.25) is 5.91 Å². The molecule has 0 atom stereocenters. The molecule has 3 amide bonds. The summed E-state index contributed by atoms with van der Waals surface area (Å²) < 4.78 is 31.3. The predicted molar refractivity (Wildman–Crippen MR) is 89.9 cm³/mol. The Hall–Kier alpha value is -3.23. The van der Waals surface area contributed by atoms with E-state index >= 15 is 0 Å². The number of nitrogens with one attached hydrogen (secondary N) is 1. The van der Waals surface area contributed by atoms with E-state index in [1.54, 1.807) is 11.0 Å². The lowest BCUT2D eigenvalue weighted by Crippen LogP contribution is -2.52. The molecule has 142 valence electrons. The summed E-state index contributed by atoms with van der Waals surface area (Å²) in [5.41, 5.74) is 0.114. The number of amides is 3. The highest BCUT2D eigenvalue weighted by molar-refractivity contribution is 5.97. The van der Waals surface area contributed by atoms with Gasteiger partial charge in [-0.05, 0) is 18.2 Å². The van der Waals surface area contributed by atoms with Crippen LogP contribution in [0, 0.1) is 11.6 Å². The van der Waals surface area contributed by atoms with Crippen molar-refractivity contribution >= 4 is 17.7 Å². The van der Waals surface area contributed by atoms with E-state index in [0.29, 0.717) is 37.8 Å². The summed E-state index contributed by atoms with van der Waals surface area (Å²) in [5.74, 6) is -3.10. The summed E-state index contributed by atoms with van der Waals surface area (Å²) in [5, 5.41) is 2.33.